The number of nitrogens with two attached hydrogens (primary N) is 1. The number of likely N-dealkylation sites (N-methyl/N-ethyl adjacent to an activating group) is 1. The average Bonchev–Trinajstić information content (AvgIpc) is 2.28. The highest BCUT2D eigenvalue weighted by atomic mass is 16.4. The molecule has 1 rings (SSSR count). The van der Waals surface area contributed by atoms with Gasteiger partial charge in [0.05, 0.1) is 0 Å². The number of oxime groups is 1. The molecular weight excluding hydrogens is 232 g/mol. The van der Waals surface area contributed by atoms with Gasteiger partial charge in [-0.25, -0.2) is 0 Å². The third-order valence-corrected chi connectivity index (χ3v) is 3.48. The van der Waals surface area contributed by atoms with Crippen LogP contribution in [0.2, 0.25) is 0 Å². The molecule has 3 N–H and O–H groups in total. The first kappa shape index (κ1) is 14.8. The number of piperazine rings is 1. The number of amides is 1. The third kappa shape index (κ3) is 3.13. The molecule has 0 saturated carbocycles. The molecule has 18 heavy (non-hydrogen) atoms. The van der Waals surface area contributed by atoms with Crippen LogP contribution in [0, 0.1) is 11.8 Å². The molecule has 0 aromatic rings. The molecule has 6 heteroatoms. The minimum absolute atomic E-state index is 0.00104. The maximum Gasteiger partial charge on any atom is 0.233 e. The van der Waals surface area contributed by atoms with Crippen LogP contribution in [0.4, 0.5) is 0 Å². The van der Waals surface area contributed by atoms with Crippen molar-refractivity contribution in [2.75, 3.05) is 26.7 Å². The summed E-state index contributed by atoms with van der Waals surface area (Å²) in [5, 5.41) is 11.8. The Labute approximate surface area is 108 Å². The topological polar surface area (TPSA) is 82.2 Å². The number of carbonyl (C=O) groups excluding carboxylic acids is 1. The van der Waals surface area contributed by atoms with E-state index in [4.69, 9.17) is 10.9 Å². The lowest BCUT2D eigenvalue weighted by molar-refractivity contribution is -0.138. The molecule has 2 atom stereocenters. The van der Waals surface area contributed by atoms with Gasteiger partial charge >= 0.3 is 0 Å². The lowest BCUT2D eigenvalue weighted by Gasteiger charge is -2.40. The van der Waals surface area contributed by atoms with E-state index >= 15 is 0 Å². The predicted molar refractivity (Wildman–Crippen MR) is 70.4 cm³/mol. The van der Waals surface area contributed by atoms with Crippen LogP contribution >= 0.6 is 0 Å². The van der Waals surface area contributed by atoms with Crippen LogP contribution in [-0.4, -0.2) is 59.5 Å². The second-order valence-corrected chi connectivity index (χ2v) is 5.39. The minimum Gasteiger partial charge on any atom is -0.409 e. The molecule has 1 fully saturated rings. The van der Waals surface area contributed by atoms with Crippen LogP contribution in [0.3, 0.4) is 0 Å². The fourth-order valence-corrected chi connectivity index (χ4v) is 2.46. The van der Waals surface area contributed by atoms with Gasteiger partial charge in [0.15, 0.2) is 5.84 Å². The Bertz CT molecular complexity index is 330. The van der Waals surface area contributed by atoms with Crippen molar-refractivity contribution in [1.29, 1.82) is 0 Å². The second kappa shape index (κ2) is 6.04. The van der Waals surface area contributed by atoms with Gasteiger partial charge in [-0.05, 0) is 19.9 Å². The van der Waals surface area contributed by atoms with Crippen molar-refractivity contribution in [3.05, 3.63) is 0 Å². The Hall–Kier alpha value is -1.30. The maximum atomic E-state index is 12.5. The summed E-state index contributed by atoms with van der Waals surface area (Å²) in [6, 6.07) is 0.156. The quantitative estimate of drug-likeness (QED) is 0.326. The van der Waals surface area contributed by atoms with Gasteiger partial charge in [-0.2, -0.15) is 0 Å². The zero-order valence-corrected chi connectivity index (χ0v) is 11.6. The molecule has 1 saturated heterocycles. The molecule has 1 amide bonds. The van der Waals surface area contributed by atoms with E-state index in [1.54, 1.807) is 0 Å². The molecule has 0 aliphatic carbocycles. The lowest BCUT2D eigenvalue weighted by atomic mass is 9.92. The van der Waals surface area contributed by atoms with E-state index in [1.165, 1.54) is 0 Å². The Kier molecular flexibility index (Phi) is 4.95. The fourth-order valence-electron chi connectivity index (χ4n) is 2.46. The van der Waals surface area contributed by atoms with Crippen LogP contribution in [0.1, 0.15) is 20.8 Å². The van der Waals surface area contributed by atoms with Gasteiger partial charge in [0.25, 0.3) is 0 Å². The third-order valence-electron chi connectivity index (χ3n) is 3.48. The second-order valence-electron chi connectivity index (χ2n) is 5.39. The Morgan fingerprint density at radius 1 is 1.44 bits per heavy atom. The molecule has 0 aromatic carbocycles. The number of hydrogen-bond acceptors (Lipinski definition) is 4. The standard InChI is InChI=1S/C12H24N4O2/c1-8(2)10(11(13)14-18)12(17)16-6-5-15(4)7-9(16)3/h8-10,18H,5-7H2,1-4H3,(H2,13,14). The van der Waals surface area contributed by atoms with Crippen LogP contribution in [0.15, 0.2) is 5.16 Å². The van der Waals surface area contributed by atoms with Gasteiger partial charge in [0, 0.05) is 25.7 Å². The molecule has 2 unspecified atom stereocenters. The van der Waals surface area contributed by atoms with Crippen molar-refractivity contribution in [3.63, 3.8) is 0 Å². The van der Waals surface area contributed by atoms with Gasteiger partial charge in [0.1, 0.15) is 5.92 Å². The summed E-state index contributed by atoms with van der Waals surface area (Å²) >= 11 is 0. The summed E-state index contributed by atoms with van der Waals surface area (Å²) in [5.41, 5.74) is 5.64. The highest BCUT2D eigenvalue weighted by Crippen LogP contribution is 2.18. The summed E-state index contributed by atoms with van der Waals surface area (Å²) in [4.78, 5) is 16.5. The Balaban J connectivity index is 2.84. The van der Waals surface area contributed by atoms with Crippen molar-refractivity contribution in [3.8, 4) is 0 Å². The molecule has 0 aromatic heterocycles. The van der Waals surface area contributed by atoms with Crippen molar-refractivity contribution < 1.29 is 10.0 Å². The van der Waals surface area contributed by atoms with Crippen LogP contribution in [0.25, 0.3) is 0 Å². The predicted octanol–water partition coefficient (Wildman–Crippen LogP) is 0.168. The van der Waals surface area contributed by atoms with Crippen molar-refractivity contribution in [2.45, 2.75) is 26.8 Å². The van der Waals surface area contributed by atoms with Gasteiger partial charge in [-0.3, -0.25) is 4.79 Å². The highest BCUT2D eigenvalue weighted by molar-refractivity contribution is 6.02. The molecule has 0 bridgehead atoms. The smallest absolute Gasteiger partial charge is 0.233 e. The summed E-state index contributed by atoms with van der Waals surface area (Å²) in [6.07, 6.45) is 0. The van der Waals surface area contributed by atoms with E-state index in [-0.39, 0.29) is 23.7 Å². The van der Waals surface area contributed by atoms with Crippen molar-refractivity contribution in [2.24, 2.45) is 22.7 Å². The maximum absolute atomic E-state index is 12.5. The summed E-state index contributed by atoms with van der Waals surface area (Å²) in [5.74, 6) is -0.567. The number of carbonyl (C=O) groups is 1. The van der Waals surface area contributed by atoms with E-state index in [9.17, 15) is 4.79 Å². The minimum atomic E-state index is -0.541. The van der Waals surface area contributed by atoms with E-state index in [0.29, 0.717) is 6.54 Å². The van der Waals surface area contributed by atoms with Gasteiger partial charge in [0.2, 0.25) is 5.91 Å². The number of rotatable bonds is 3. The molecular formula is C12H24N4O2. The molecule has 1 aliphatic heterocycles. The van der Waals surface area contributed by atoms with Gasteiger partial charge in [-0.15, -0.1) is 0 Å². The van der Waals surface area contributed by atoms with E-state index in [1.807, 2.05) is 32.7 Å². The van der Waals surface area contributed by atoms with Crippen LogP contribution < -0.4 is 5.73 Å². The first-order chi connectivity index (χ1) is 8.38. The largest absolute Gasteiger partial charge is 0.409 e. The Morgan fingerprint density at radius 2 is 2.06 bits per heavy atom. The Morgan fingerprint density at radius 3 is 2.50 bits per heavy atom. The molecule has 6 nitrogen and oxygen atoms in total. The van der Waals surface area contributed by atoms with E-state index in [0.717, 1.165) is 13.1 Å². The molecule has 1 heterocycles. The van der Waals surface area contributed by atoms with Gasteiger partial charge < -0.3 is 20.7 Å². The number of hydrogen-bond donors (Lipinski definition) is 2. The summed E-state index contributed by atoms with van der Waals surface area (Å²) < 4.78 is 0. The van der Waals surface area contributed by atoms with Crippen molar-refractivity contribution in [1.82, 2.24) is 9.80 Å². The van der Waals surface area contributed by atoms with E-state index in [2.05, 4.69) is 10.1 Å². The highest BCUT2D eigenvalue weighted by Gasteiger charge is 2.34. The lowest BCUT2D eigenvalue weighted by Crippen LogP contribution is -2.56. The SMILES string of the molecule is CC(C)C(C(=O)N1CCN(C)CC1C)C(N)=NO. The zero-order chi connectivity index (χ0) is 13.9. The molecule has 0 spiro atoms. The first-order valence-corrected chi connectivity index (χ1v) is 6.35. The molecule has 1 aliphatic rings. The number of nitrogens with zero attached hydrogens (tertiary/aromatic N) is 3. The molecule has 0 radical (unpaired) electrons. The van der Waals surface area contributed by atoms with E-state index < -0.39 is 5.92 Å². The van der Waals surface area contributed by atoms with Gasteiger partial charge in [-0.1, -0.05) is 19.0 Å². The first-order valence-electron chi connectivity index (χ1n) is 6.35. The molecule has 104 valence electrons. The fraction of sp³-hybridized carbons (Fsp3) is 0.833. The number of amidine groups is 1. The van der Waals surface area contributed by atoms with Crippen molar-refractivity contribution >= 4 is 11.7 Å². The monoisotopic (exact) mass is 256 g/mol. The summed E-state index contributed by atoms with van der Waals surface area (Å²) in [6.45, 7) is 8.24. The normalized spacial score (nSPS) is 24.4. The zero-order valence-electron chi connectivity index (χ0n) is 11.6. The van der Waals surface area contributed by atoms with Crippen LogP contribution in [-0.2, 0) is 4.79 Å². The van der Waals surface area contributed by atoms with Crippen LogP contribution in [0.5, 0.6) is 0 Å². The summed E-state index contributed by atoms with van der Waals surface area (Å²) in [7, 11) is 2.04. The average molecular weight is 256 g/mol.